The van der Waals surface area contributed by atoms with Crippen LogP contribution in [0.15, 0.2) is 60.7 Å². The molecule has 0 heterocycles. The molecule has 0 bridgehead atoms. The van der Waals surface area contributed by atoms with Gasteiger partial charge in [-0.1, -0.05) is 60.7 Å². The molecule has 3 N–H and O–H groups in total. The van der Waals surface area contributed by atoms with Crippen molar-refractivity contribution in [3.63, 3.8) is 0 Å². The fraction of sp³-hybridized carbons (Fsp3) is 0.429. The summed E-state index contributed by atoms with van der Waals surface area (Å²) in [6.07, 6.45) is 2.13. The minimum absolute atomic E-state index is 0.454. The molecule has 0 radical (unpaired) electrons. The van der Waals surface area contributed by atoms with Crippen molar-refractivity contribution in [3.05, 3.63) is 71.8 Å². The summed E-state index contributed by atoms with van der Waals surface area (Å²) in [6.45, 7) is 5.22. The normalized spacial score (nSPS) is 13.6. The Morgan fingerprint density at radius 3 is 2.04 bits per heavy atom. The Labute approximate surface area is 146 Å². The van der Waals surface area contributed by atoms with Crippen LogP contribution < -0.4 is 16.0 Å². The third-order valence-corrected chi connectivity index (χ3v) is 4.24. The van der Waals surface area contributed by atoms with E-state index in [2.05, 4.69) is 83.5 Å². The average molecular weight is 326 g/mol. The van der Waals surface area contributed by atoms with Crippen molar-refractivity contribution in [3.8, 4) is 0 Å². The third-order valence-electron chi connectivity index (χ3n) is 4.24. The molecule has 0 amide bonds. The SMILES string of the molecule is CNC[C@H](Cc1ccccc1)NCC(C)NCCc1ccccc1. The van der Waals surface area contributed by atoms with Crippen LogP contribution in [0.25, 0.3) is 0 Å². The number of hydrogen-bond acceptors (Lipinski definition) is 3. The minimum atomic E-state index is 0.454. The second-order valence-electron chi connectivity index (χ2n) is 6.44. The second-order valence-corrected chi connectivity index (χ2v) is 6.44. The van der Waals surface area contributed by atoms with Gasteiger partial charge in [0.2, 0.25) is 0 Å². The Hall–Kier alpha value is -1.68. The van der Waals surface area contributed by atoms with E-state index in [-0.39, 0.29) is 0 Å². The van der Waals surface area contributed by atoms with Crippen LogP contribution >= 0.6 is 0 Å². The van der Waals surface area contributed by atoms with Crippen molar-refractivity contribution in [2.24, 2.45) is 0 Å². The largest absolute Gasteiger partial charge is 0.318 e. The highest BCUT2D eigenvalue weighted by Crippen LogP contribution is 2.03. The Kier molecular flexibility index (Phi) is 8.53. The molecule has 2 aromatic rings. The maximum Gasteiger partial charge on any atom is 0.0233 e. The van der Waals surface area contributed by atoms with Gasteiger partial charge in [0.1, 0.15) is 0 Å². The van der Waals surface area contributed by atoms with Gasteiger partial charge >= 0.3 is 0 Å². The standard InChI is InChI=1S/C21H31N3/c1-18(23-14-13-19-9-5-3-6-10-19)16-24-21(17-22-2)15-20-11-7-4-8-12-20/h3-12,18,21-24H,13-17H2,1-2H3/t18?,21-/m0/s1. The van der Waals surface area contributed by atoms with Crippen molar-refractivity contribution >= 4 is 0 Å². The van der Waals surface area contributed by atoms with Crippen LogP contribution in [0.2, 0.25) is 0 Å². The van der Waals surface area contributed by atoms with E-state index in [1.165, 1.54) is 11.1 Å². The van der Waals surface area contributed by atoms with E-state index >= 15 is 0 Å². The summed E-state index contributed by atoms with van der Waals surface area (Å²) in [5, 5.41) is 10.6. The van der Waals surface area contributed by atoms with Crippen LogP contribution in [0, 0.1) is 0 Å². The van der Waals surface area contributed by atoms with Crippen molar-refractivity contribution in [2.45, 2.75) is 31.8 Å². The fourth-order valence-electron chi connectivity index (χ4n) is 2.88. The highest BCUT2D eigenvalue weighted by molar-refractivity contribution is 5.16. The Bertz CT molecular complexity index is 542. The summed E-state index contributed by atoms with van der Waals surface area (Å²) in [5.41, 5.74) is 2.78. The zero-order valence-electron chi connectivity index (χ0n) is 15.0. The third kappa shape index (κ3) is 7.26. The van der Waals surface area contributed by atoms with Crippen LogP contribution in [0.3, 0.4) is 0 Å². The lowest BCUT2D eigenvalue weighted by Crippen LogP contribution is -2.45. The molecule has 0 spiro atoms. The second kappa shape index (κ2) is 11.0. The zero-order valence-corrected chi connectivity index (χ0v) is 15.0. The predicted molar refractivity (Wildman–Crippen MR) is 103 cm³/mol. The van der Waals surface area contributed by atoms with Crippen molar-refractivity contribution in [1.82, 2.24) is 16.0 Å². The molecule has 0 aromatic heterocycles. The van der Waals surface area contributed by atoms with E-state index < -0.39 is 0 Å². The first-order valence-electron chi connectivity index (χ1n) is 8.97. The van der Waals surface area contributed by atoms with E-state index in [4.69, 9.17) is 0 Å². The van der Waals surface area contributed by atoms with E-state index in [9.17, 15) is 0 Å². The quantitative estimate of drug-likeness (QED) is 0.594. The van der Waals surface area contributed by atoms with Gasteiger partial charge in [0, 0.05) is 25.2 Å². The molecule has 0 fully saturated rings. The van der Waals surface area contributed by atoms with Crippen LogP contribution in [-0.2, 0) is 12.8 Å². The molecule has 3 heteroatoms. The predicted octanol–water partition coefficient (Wildman–Crippen LogP) is 2.63. The highest BCUT2D eigenvalue weighted by Gasteiger charge is 2.10. The van der Waals surface area contributed by atoms with Crippen LogP contribution in [0.1, 0.15) is 18.1 Å². The molecule has 2 rings (SSSR count). The van der Waals surface area contributed by atoms with Gasteiger partial charge in [0.25, 0.3) is 0 Å². The van der Waals surface area contributed by atoms with Gasteiger partial charge in [0.15, 0.2) is 0 Å². The van der Waals surface area contributed by atoms with E-state index in [1.807, 2.05) is 7.05 Å². The van der Waals surface area contributed by atoms with E-state index in [1.54, 1.807) is 0 Å². The van der Waals surface area contributed by atoms with Gasteiger partial charge in [-0.3, -0.25) is 0 Å². The Morgan fingerprint density at radius 1 is 0.792 bits per heavy atom. The minimum Gasteiger partial charge on any atom is -0.318 e. The molecule has 0 aliphatic rings. The molecule has 2 aromatic carbocycles. The smallest absolute Gasteiger partial charge is 0.0233 e. The molecule has 3 nitrogen and oxygen atoms in total. The summed E-state index contributed by atoms with van der Waals surface area (Å²) < 4.78 is 0. The molecule has 0 aliphatic heterocycles. The number of nitrogens with one attached hydrogen (secondary N) is 3. The van der Waals surface area contributed by atoms with E-state index in [0.29, 0.717) is 12.1 Å². The average Bonchev–Trinajstić information content (AvgIpc) is 2.62. The van der Waals surface area contributed by atoms with Gasteiger partial charge in [-0.2, -0.15) is 0 Å². The summed E-state index contributed by atoms with van der Waals surface area (Å²) in [4.78, 5) is 0. The summed E-state index contributed by atoms with van der Waals surface area (Å²) in [5.74, 6) is 0. The van der Waals surface area contributed by atoms with Gasteiger partial charge < -0.3 is 16.0 Å². The van der Waals surface area contributed by atoms with Crippen molar-refractivity contribution < 1.29 is 0 Å². The number of rotatable bonds is 11. The molecular formula is C21H31N3. The Morgan fingerprint density at radius 2 is 1.42 bits per heavy atom. The number of likely N-dealkylation sites (N-methyl/N-ethyl adjacent to an activating group) is 1. The maximum absolute atomic E-state index is 3.69. The molecule has 24 heavy (non-hydrogen) atoms. The summed E-state index contributed by atoms with van der Waals surface area (Å²) in [7, 11) is 2.02. The lowest BCUT2D eigenvalue weighted by molar-refractivity contribution is 0.435. The lowest BCUT2D eigenvalue weighted by atomic mass is 10.1. The molecule has 0 aliphatic carbocycles. The first kappa shape index (κ1) is 18.7. The summed E-state index contributed by atoms with van der Waals surface area (Å²) in [6, 6.07) is 22.3. The van der Waals surface area contributed by atoms with Crippen molar-refractivity contribution in [1.29, 1.82) is 0 Å². The molecule has 0 saturated heterocycles. The molecule has 1 unspecified atom stereocenters. The maximum atomic E-state index is 3.69. The summed E-state index contributed by atoms with van der Waals surface area (Å²) >= 11 is 0. The van der Waals surface area contributed by atoms with Crippen LogP contribution in [0.5, 0.6) is 0 Å². The first-order chi connectivity index (χ1) is 11.8. The topological polar surface area (TPSA) is 36.1 Å². The number of benzene rings is 2. The molecular weight excluding hydrogens is 294 g/mol. The molecule has 2 atom stereocenters. The van der Waals surface area contributed by atoms with Gasteiger partial charge in [-0.15, -0.1) is 0 Å². The monoisotopic (exact) mass is 325 g/mol. The highest BCUT2D eigenvalue weighted by atomic mass is 15.0. The van der Waals surface area contributed by atoms with Crippen LogP contribution in [-0.4, -0.2) is 38.8 Å². The van der Waals surface area contributed by atoms with Crippen LogP contribution in [0.4, 0.5) is 0 Å². The van der Waals surface area contributed by atoms with E-state index in [0.717, 1.165) is 32.5 Å². The van der Waals surface area contributed by atoms with Gasteiger partial charge in [-0.25, -0.2) is 0 Å². The van der Waals surface area contributed by atoms with Gasteiger partial charge in [-0.05, 0) is 44.5 Å². The first-order valence-corrected chi connectivity index (χ1v) is 8.97. The Balaban J connectivity index is 1.68. The molecule has 0 saturated carbocycles. The van der Waals surface area contributed by atoms with Gasteiger partial charge in [0.05, 0.1) is 0 Å². The fourth-order valence-corrected chi connectivity index (χ4v) is 2.88. The molecule has 130 valence electrons. The lowest BCUT2D eigenvalue weighted by Gasteiger charge is -2.22. The van der Waals surface area contributed by atoms with Crippen molar-refractivity contribution in [2.75, 3.05) is 26.7 Å². The number of hydrogen-bond donors (Lipinski definition) is 3. The zero-order chi connectivity index (χ0) is 17.0.